The molecular formula is C16H25N3O. The highest BCUT2D eigenvalue weighted by molar-refractivity contribution is 5.94. The lowest BCUT2D eigenvalue weighted by molar-refractivity contribution is -0.121. The molecule has 1 aliphatic rings. The third kappa shape index (κ3) is 3.81. The number of nitrogens with two attached hydrogens (primary N) is 1. The third-order valence-corrected chi connectivity index (χ3v) is 4.11. The topological polar surface area (TPSA) is 58.4 Å². The number of carbonyl (C=O) groups is 1. The number of benzene rings is 1. The first kappa shape index (κ1) is 15.0. The number of hydrogen-bond donors (Lipinski definition) is 2. The van der Waals surface area contributed by atoms with Crippen molar-refractivity contribution < 1.29 is 4.79 Å². The molecule has 1 aliphatic heterocycles. The number of likely N-dealkylation sites (tertiary alicyclic amines) is 1. The maximum absolute atomic E-state index is 12.4. The zero-order valence-corrected chi connectivity index (χ0v) is 12.2. The van der Waals surface area contributed by atoms with Crippen LogP contribution in [0.4, 0.5) is 5.69 Å². The Morgan fingerprint density at radius 3 is 2.80 bits per heavy atom. The van der Waals surface area contributed by atoms with E-state index in [0.717, 1.165) is 25.1 Å². The van der Waals surface area contributed by atoms with Gasteiger partial charge in [-0.2, -0.15) is 0 Å². The SMILES string of the molecule is CC(C(=O)Nc1ccccc1)N1CCCCCC1CN. The molecule has 1 saturated heterocycles. The summed E-state index contributed by atoms with van der Waals surface area (Å²) < 4.78 is 0. The highest BCUT2D eigenvalue weighted by Gasteiger charge is 2.28. The molecule has 2 atom stereocenters. The summed E-state index contributed by atoms with van der Waals surface area (Å²) in [6.45, 7) is 3.57. The van der Waals surface area contributed by atoms with Crippen LogP contribution in [0.25, 0.3) is 0 Å². The lowest BCUT2D eigenvalue weighted by atomic mass is 10.1. The largest absolute Gasteiger partial charge is 0.329 e. The molecule has 0 aliphatic carbocycles. The van der Waals surface area contributed by atoms with Gasteiger partial charge in [0.05, 0.1) is 6.04 Å². The molecule has 20 heavy (non-hydrogen) atoms. The van der Waals surface area contributed by atoms with Crippen molar-refractivity contribution in [3.63, 3.8) is 0 Å². The minimum absolute atomic E-state index is 0.0524. The van der Waals surface area contributed by atoms with E-state index in [4.69, 9.17) is 5.73 Å². The molecule has 1 amide bonds. The van der Waals surface area contributed by atoms with Gasteiger partial charge in [-0.25, -0.2) is 0 Å². The van der Waals surface area contributed by atoms with Crippen LogP contribution in [0, 0.1) is 0 Å². The molecule has 0 saturated carbocycles. The Hall–Kier alpha value is -1.39. The van der Waals surface area contributed by atoms with Crippen molar-refractivity contribution >= 4 is 11.6 Å². The summed E-state index contributed by atoms with van der Waals surface area (Å²) in [6.07, 6.45) is 4.70. The molecule has 2 rings (SSSR count). The van der Waals surface area contributed by atoms with Crippen molar-refractivity contribution in [1.29, 1.82) is 0 Å². The molecule has 0 bridgehead atoms. The molecule has 3 N–H and O–H groups in total. The average molecular weight is 275 g/mol. The van der Waals surface area contributed by atoms with Crippen molar-refractivity contribution in [1.82, 2.24) is 4.90 Å². The highest BCUT2D eigenvalue weighted by atomic mass is 16.2. The number of nitrogens with one attached hydrogen (secondary N) is 1. The van der Waals surface area contributed by atoms with Crippen molar-refractivity contribution in [2.75, 3.05) is 18.4 Å². The van der Waals surface area contributed by atoms with Gasteiger partial charge >= 0.3 is 0 Å². The maximum Gasteiger partial charge on any atom is 0.241 e. The van der Waals surface area contributed by atoms with Gasteiger partial charge in [-0.05, 0) is 38.4 Å². The average Bonchev–Trinajstić information content (AvgIpc) is 2.72. The van der Waals surface area contributed by atoms with Crippen molar-refractivity contribution in [3.8, 4) is 0 Å². The molecule has 2 unspecified atom stereocenters. The molecule has 0 aromatic heterocycles. The van der Waals surface area contributed by atoms with Gasteiger partial charge in [0.15, 0.2) is 0 Å². The van der Waals surface area contributed by atoms with E-state index < -0.39 is 0 Å². The fraction of sp³-hybridized carbons (Fsp3) is 0.562. The molecule has 4 nitrogen and oxygen atoms in total. The number of anilines is 1. The van der Waals surface area contributed by atoms with E-state index in [-0.39, 0.29) is 11.9 Å². The van der Waals surface area contributed by atoms with Gasteiger partial charge in [0.1, 0.15) is 0 Å². The Kier molecular flexibility index (Phi) is 5.56. The second kappa shape index (κ2) is 7.41. The van der Waals surface area contributed by atoms with Crippen molar-refractivity contribution in [2.45, 2.75) is 44.7 Å². The second-order valence-corrected chi connectivity index (χ2v) is 5.51. The van der Waals surface area contributed by atoms with Crippen molar-refractivity contribution in [2.24, 2.45) is 5.73 Å². The Bertz CT molecular complexity index is 421. The quantitative estimate of drug-likeness (QED) is 0.886. The lowest BCUT2D eigenvalue weighted by Gasteiger charge is -2.33. The standard InChI is InChI=1S/C16H25N3O/c1-13(16(20)18-14-8-4-2-5-9-14)19-11-7-3-6-10-15(19)12-17/h2,4-5,8-9,13,15H,3,6-7,10-12,17H2,1H3,(H,18,20). The number of carbonyl (C=O) groups excluding carboxylic acids is 1. The van der Waals surface area contributed by atoms with Crippen LogP contribution in [0.5, 0.6) is 0 Å². The second-order valence-electron chi connectivity index (χ2n) is 5.51. The number of nitrogens with zero attached hydrogens (tertiary/aromatic N) is 1. The summed E-state index contributed by atoms with van der Waals surface area (Å²) in [7, 11) is 0. The smallest absolute Gasteiger partial charge is 0.241 e. The Labute approximate surface area is 121 Å². The minimum Gasteiger partial charge on any atom is -0.329 e. The van der Waals surface area contributed by atoms with E-state index in [9.17, 15) is 4.79 Å². The van der Waals surface area contributed by atoms with E-state index in [2.05, 4.69) is 10.2 Å². The van der Waals surface area contributed by atoms with Crippen LogP contribution < -0.4 is 11.1 Å². The molecule has 1 aromatic rings. The predicted octanol–water partition coefficient (Wildman–Crippen LogP) is 2.22. The Morgan fingerprint density at radius 2 is 2.10 bits per heavy atom. The fourth-order valence-electron chi connectivity index (χ4n) is 2.88. The number of amides is 1. The summed E-state index contributed by atoms with van der Waals surface area (Å²) >= 11 is 0. The molecule has 110 valence electrons. The number of rotatable bonds is 4. The predicted molar refractivity (Wildman–Crippen MR) is 82.6 cm³/mol. The first-order valence-electron chi connectivity index (χ1n) is 7.54. The van der Waals surface area contributed by atoms with Gasteiger partial charge in [0.25, 0.3) is 0 Å². The number of para-hydroxylation sites is 1. The van der Waals surface area contributed by atoms with Crippen LogP contribution in [0.2, 0.25) is 0 Å². The summed E-state index contributed by atoms with van der Waals surface area (Å²) in [5.74, 6) is 0.0524. The Morgan fingerprint density at radius 1 is 1.35 bits per heavy atom. The monoisotopic (exact) mass is 275 g/mol. The fourth-order valence-corrected chi connectivity index (χ4v) is 2.88. The van der Waals surface area contributed by atoms with Gasteiger partial charge in [-0.15, -0.1) is 0 Å². The van der Waals surface area contributed by atoms with E-state index >= 15 is 0 Å². The van der Waals surface area contributed by atoms with Crippen LogP contribution in [0.3, 0.4) is 0 Å². The summed E-state index contributed by atoms with van der Waals surface area (Å²) in [5, 5.41) is 2.98. The first-order chi connectivity index (χ1) is 9.72. The van der Waals surface area contributed by atoms with Crippen LogP contribution >= 0.6 is 0 Å². The highest BCUT2D eigenvalue weighted by Crippen LogP contribution is 2.19. The summed E-state index contributed by atoms with van der Waals surface area (Å²) in [6, 6.07) is 9.80. The van der Waals surface area contributed by atoms with Gasteiger partial charge in [-0.3, -0.25) is 9.69 Å². The Balaban J connectivity index is 2.00. The van der Waals surface area contributed by atoms with Gasteiger partial charge < -0.3 is 11.1 Å². The molecular weight excluding hydrogens is 250 g/mol. The van der Waals surface area contributed by atoms with E-state index in [0.29, 0.717) is 12.6 Å². The van der Waals surface area contributed by atoms with Crippen LogP contribution in [0.1, 0.15) is 32.6 Å². The van der Waals surface area contributed by atoms with Crippen LogP contribution in [-0.4, -0.2) is 36.0 Å². The molecule has 1 fully saturated rings. The lowest BCUT2D eigenvalue weighted by Crippen LogP contribution is -2.50. The van der Waals surface area contributed by atoms with Gasteiger partial charge in [0, 0.05) is 18.3 Å². The van der Waals surface area contributed by atoms with Crippen molar-refractivity contribution in [3.05, 3.63) is 30.3 Å². The minimum atomic E-state index is -0.137. The zero-order valence-electron chi connectivity index (χ0n) is 12.2. The van der Waals surface area contributed by atoms with Crippen LogP contribution in [-0.2, 0) is 4.79 Å². The van der Waals surface area contributed by atoms with E-state index in [1.54, 1.807) is 0 Å². The van der Waals surface area contributed by atoms with Gasteiger partial charge in [0.2, 0.25) is 5.91 Å². The molecule has 0 radical (unpaired) electrons. The normalized spacial score (nSPS) is 22.0. The number of hydrogen-bond acceptors (Lipinski definition) is 3. The molecule has 4 heteroatoms. The summed E-state index contributed by atoms with van der Waals surface area (Å²) in [5.41, 5.74) is 6.73. The van der Waals surface area contributed by atoms with E-state index in [1.807, 2.05) is 37.3 Å². The summed E-state index contributed by atoms with van der Waals surface area (Å²) in [4.78, 5) is 14.7. The third-order valence-electron chi connectivity index (χ3n) is 4.11. The molecule has 1 aromatic carbocycles. The van der Waals surface area contributed by atoms with Crippen LogP contribution in [0.15, 0.2) is 30.3 Å². The zero-order chi connectivity index (χ0) is 14.4. The first-order valence-corrected chi connectivity index (χ1v) is 7.54. The van der Waals surface area contributed by atoms with E-state index in [1.165, 1.54) is 12.8 Å². The molecule has 1 heterocycles. The van der Waals surface area contributed by atoms with Gasteiger partial charge in [-0.1, -0.05) is 31.0 Å². The maximum atomic E-state index is 12.4. The molecule has 0 spiro atoms.